The van der Waals surface area contributed by atoms with Gasteiger partial charge in [-0.15, -0.1) is 0 Å². The molecule has 0 saturated carbocycles. The van der Waals surface area contributed by atoms with Crippen molar-refractivity contribution in [2.24, 2.45) is 7.05 Å². The quantitative estimate of drug-likeness (QED) is 0.924. The van der Waals surface area contributed by atoms with Gasteiger partial charge in [0.05, 0.1) is 5.56 Å². The van der Waals surface area contributed by atoms with Gasteiger partial charge < -0.3 is 5.32 Å². The maximum atomic E-state index is 12.8. The monoisotopic (exact) mass is 318 g/mol. The molecular formula is C14H21F3N4O. The third-order valence-electron chi connectivity index (χ3n) is 3.97. The first-order chi connectivity index (χ1) is 10.3. The number of amides is 1. The van der Waals surface area contributed by atoms with Crippen molar-refractivity contribution in [1.82, 2.24) is 20.0 Å². The molecule has 0 bridgehead atoms. The van der Waals surface area contributed by atoms with Gasteiger partial charge >= 0.3 is 6.18 Å². The molecule has 1 amide bonds. The molecule has 1 aliphatic rings. The second-order valence-electron chi connectivity index (χ2n) is 5.70. The topological polar surface area (TPSA) is 50.2 Å². The number of nitrogens with zero attached hydrogens (tertiary/aromatic N) is 3. The molecule has 0 radical (unpaired) electrons. The number of likely N-dealkylation sites (tertiary alicyclic amines) is 1. The smallest absolute Gasteiger partial charge is 0.351 e. The minimum Gasteiger partial charge on any atom is -0.351 e. The molecule has 124 valence electrons. The molecule has 0 aliphatic carbocycles. The summed E-state index contributed by atoms with van der Waals surface area (Å²) >= 11 is 0. The Morgan fingerprint density at radius 3 is 2.82 bits per heavy atom. The van der Waals surface area contributed by atoms with Crippen LogP contribution < -0.4 is 5.32 Å². The molecule has 22 heavy (non-hydrogen) atoms. The van der Waals surface area contributed by atoms with Crippen LogP contribution in [0.25, 0.3) is 0 Å². The molecule has 0 aromatic carbocycles. The average molecular weight is 318 g/mol. The molecule has 1 aromatic rings. The Hall–Kier alpha value is -1.57. The molecular weight excluding hydrogens is 297 g/mol. The fourth-order valence-electron chi connectivity index (χ4n) is 2.76. The number of nitrogens with one attached hydrogen (secondary N) is 1. The Bertz CT molecular complexity index is 527. The zero-order chi connectivity index (χ0) is 16.3. The molecule has 0 unspecified atom stereocenters. The predicted molar refractivity (Wildman–Crippen MR) is 75.4 cm³/mol. The third-order valence-corrected chi connectivity index (χ3v) is 3.97. The fraction of sp³-hybridized carbons (Fsp3) is 0.714. The standard InChI is InChI=1S/C14H21F3N4O/c1-10-5-3-4-7-21(10)8-6-18-13(22)11-9-20(2)19-12(11)14(15,16)17/h9-10H,3-8H2,1-2H3,(H,18,22)/t10-/m1/s1. The lowest BCUT2D eigenvalue weighted by molar-refractivity contribution is -0.141. The number of hydrogen-bond donors (Lipinski definition) is 1. The number of aromatic nitrogens is 2. The summed E-state index contributed by atoms with van der Waals surface area (Å²) in [6, 6.07) is 0.454. The van der Waals surface area contributed by atoms with Gasteiger partial charge in [-0.2, -0.15) is 18.3 Å². The number of piperidine rings is 1. The first-order valence-electron chi connectivity index (χ1n) is 7.42. The van der Waals surface area contributed by atoms with Gasteiger partial charge in [-0.3, -0.25) is 14.4 Å². The number of alkyl halides is 3. The lowest BCUT2D eigenvalue weighted by atomic mass is 10.0. The van der Waals surface area contributed by atoms with Gasteiger partial charge in [0.15, 0.2) is 5.69 Å². The van der Waals surface area contributed by atoms with Crippen molar-refractivity contribution in [1.29, 1.82) is 0 Å². The number of rotatable bonds is 4. The van der Waals surface area contributed by atoms with E-state index >= 15 is 0 Å². The highest BCUT2D eigenvalue weighted by atomic mass is 19.4. The molecule has 1 saturated heterocycles. The van der Waals surface area contributed by atoms with Gasteiger partial charge in [-0.1, -0.05) is 6.42 Å². The Balaban J connectivity index is 1.93. The van der Waals surface area contributed by atoms with Crippen molar-refractivity contribution < 1.29 is 18.0 Å². The van der Waals surface area contributed by atoms with E-state index in [-0.39, 0.29) is 0 Å². The Kier molecular flexibility index (Phi) is 5.10. The largest absolute Gasteiger partial charge is 0.435 e. The predicted octanol–water partition coefficient (Wildman–Crippen LogP) is 2.04. The van der Waals surface area contributed by atoms with Crippen molar-refractivity contribution in [3.63, 3.8) is 0 Å². The van der Waals surface area contributed by atoms with Gasteiger partial charge in [-0.25, -0.2) is 0 Å². The summed E-state index contributed by atoms with van der Waals surface area (Å²) in [5.41, 5.74) is -1.57. The van der Waals surface area contributed by atoms with E-state index in [4.69, 9.17) is 0 Å². The summed E-state index contributed by atoms with van der Waals surface area (Å²) in [4.78, 5) is 14.2. The zero-order valence-corrected chi connectivity index (χ0v) is 12.8. The molecule has 1 fully saturated rings. The van der Waals surface area contributed by atoms with Crippen LogP contribution in [0.1, 0.15) is 42.2 Å². The number of halogens is 3. The van der Waals surface area contributed by atoms with E-state index in [9.17, 15) is 18.0 Å². The van der Waals surface area contributed by atoms with Crippen LogP contribution in [0.2, 0.25) is 0 Å². The van der Waals surface area contributed by atoms with Crippen LogP contribution in [-0.4, -0.2) is 46.3 Å². The molecule has 0 spiro atoms. The van der Waals surface area contributed by atoms with E-state index in [1.54, 1.807) is 0 Å². The lowest BCUT2D eigenvalue weighted by Crippen LogP contribution is -2.42. The Morgan fingerprint density at radius 1 is 1.45 bits per heavy atom. The summed E-state index contributed by atoms with van der Waals surface area (Å²) in [5.74, 6) is -0.731. The highest BCUT2D eigenvalue weighted by Gasteiger charge is 2.38. The van der Waals surface area contributed by atoms with Gasteiger partial charge in [0, 0.05) is 32.4 Å². The zero-order valence-electron chi connectivity index (χ0n) is 12.8. The van der Waals surface area contributed by atoms with E-state index < -0.39 is 23.3 Å². The minimum atomic E-state index is -4.63. The third kappa shape index (κ3) is 4.00. The molecule has 5 nitrogen and oxygen atoms in total. The maximum absolute atomic E-state index is 12.8. The summed E-state index contributed by atoms with van der Waals surface area (Å²) in [6.07, 6.45) is -0.0838. The second kappa shape index (κ2) is 6.68. The molecule has 1 aromatic heterocycles. The van der Waals surface area contributed by atoms with E-state index in [1.165, 1.54) is 13.5 Å². The summed E-state index contributed by atoms with van der Waals surface area (Å²) in [7, 11) is 1.36. The van der Waals surface area contributed by atoms with Crippen LogP contribution in [0, 0.1) is 0 Å². The van der Waals surface area contributed by atoms with Gasteiger partial charge in [0.2, 0.25) is 0 Å². The fourth-order valence-corrected chi connectivity index (χ4v) is 2.76. The maximum Gasteiger partial charge on any atom is 0.435 e. The number of aryl methyl sites for hydroxylation is 1. The van der Waals surface area contributed by atoms with E-state index in [1.807, 2.05) is 0 Å². The van der Waals surface area contributed by atoms with Crippen molar-refractivity contribution in [3.8, 4) is 0 Å². The minimum absolute atomic E-state index is 0.329. The highest BCUT2D eigenvalue weighted by molar-refractivity contribution is 5.95. The van der Waals surface area contributed by atoms with Crippen molar-refractivity contribution in [2.45, 2.75) is 38.4 Å². The number of carbonyl (C=O) groups excluding carboxylic acids is 1. The van der Waals surface area contributed by atoms with Crippen molar-refractivity contribution >= 4 is 5.91 Å². The van der Waals surface area contributed by atoms with E-state index in [0.717, 1.165) is 30.3 Å². The van der Waals surface area contributed by atoms with Crippen molar-refractivity contribution in [2.75, 3.05) is 19.6 Å². The van der Waals surface area contributed by atoms with E-state index in [0.29, 0.717) is 19.1 Å². The molecule has 2 rings (SSSR count). The SMILES string of the molecule is C[C@@H]1CCCCN1CCNC(=O)c1cn(C)nc1C(F)(F)F. The van der Waals surface area contributed by atoms with Crippen molar-refractivity contribution in [3.05, 3.63) is 17.5 Å². The molecule has 2 heterocycles. The van der Waals surface area contributed by atoms with Gasteiger partial charge in [-0.05, 0) is 26.3 Å². The number of hydrogen-bond acceptors (Lipinski definition) is 3. The normalized spacial score (nSPS) is 20.1. The van der Waals surface area contributed by atoms with Crippen LogP contribution in [0.4, 0.5) is 13.2 Å². The van der Waals surface area contributed by atoms with Crippen LogP contribution in [0.3, 0.4) is 0 Å². The Morgan fingerprint density at radius 2 is 2.18 bits per heavy atom. The first-order valence-corrected chi connectivity index (χ1v) is 7.42. The van der Waals surface area contributed by atoms with Gasteiger partial charge in [0.1, 0.15) is 0 Å². The van der Waals surface area contributed by atoms with Crippen LogP contribution in [0.15, 0.2) is 6.20 Å². The first kappa shape index (κ1) is 16.8. The summed E-state index contributed by atoms with van der Waals surface area (Å²) in [6.45, 7) is 4.07. The Labute approximate surface area is 127 Å². The van der Waals surface area contributed by atoms with Crippen LogP contribution in [-0.2, 0) is 13.2 Å². The molecule has 1 N–H and O–H groups in total. The molecule has 8 heteroatoms. The van der Waals surface area contributed by atoms with Crippen LogP contribution >= 0.6 is 0 Å². The molecule has 1 aliphatic heterocycles. The summed E-state index contributed by atoms with van der Waals surface area (Å²) < 4.78 is 39.5. The van der Waals surface area contributed by atoms with Crippen LogP contribution in [0.5, 0.6) is 0 Å². The summed E-state index contributed by atoms with van der Waals surface area (Å²) in [5, 5.41) is 5.89. The highest BCUT2D eigenvalue weighted by Crippen LogP contribution is 2.30. The van der Waals surface area contributed by atoms with E-state index in [2.05, 4.69) is 22.2 Å². The lowest BCUT2D eigenvalue weighted by Gasteiger charge is -2.33. The number of carbonyl (C=O) groups is 1. The second-order valence-corrected chi connectivity index (χ2v) is 5.70. The van der Waals surface area contributed by atoms with Gasteiger partial charge in [0.25, 0.3) is 5.91 Å². The molecule has 1 atom stereocenters. The average Bonchev–Trinajstić information content (AvgIpc) is 2.83.